The second-order valence-corrected chi connectivity index (χ2v) is 7.18. The van der Waals surface area contributed by atoms with Crippen LogP contribution in [0.15, 0.2) is 26.8 Å². The number of halogens is 1. The molecule has 3 nitrogen and oxygen atoms in total. The van der Waals surface area contributed by atoms with Gasteiger partial charge < -0.3 is 0 Å². The molecular formula is C13H18BrN2OS+. The number of H-pyrrole nitrogens is 1. The van der Waals surface area contributed by atoms with Crippen molar-refractivity contribution in [1.29, 1.82) is 0 Å². The Morgan fingerprint density at radius 2 is 2.17 bits per heavy atom. The quantitative estimate of drug-likeness (QED) is 0.592. The first-order chi connectivity index (χ1) is 8.70. The zero-order valence-electron chi connectivity index (χ0n) is 10.5. The number of aromatic nitrogens is 1. The first kappa shape index (κ1) is 14.0. The van der Waals surface area contributed by atoms with Gasteiger partial charge in [-0.25, -0.2) is 4.98 Å². The van der Waals surface area contributed by atoms with Crippen LogP contribution in [0.3, 0.4) is 0 Å². The summed E-state index contributed by atoms with van der Waals surface area (Å²) in [4.78, 5) is 14.6. The molecule has 0 spiro atoms. The molecule has 0 aliphatic heterocycles. The van der Waals surface area contributed by atoms with E-state index in [-0.39, 0.29) is 0 Å². The van der Waals surface area contributed by atoms with Crippen molar-refractivity contribution in [3.8, 4) is 0 Å². The van der Waals surface area contributed by atoms with Gasteiger partial charge in [0.25, 0.3) is 0 Å². The minimum atomic E-state index is 0.436. The maximum Gasteiger partial charge on any atom is 0.386 e. The van der Waals surface area contributed by atoms with Crippen LogP contribution in [0.1, 0.15) is 39.0 Å². The van der Waals surface area contributed by atoms with Crippen LogP contribution in [0.2, 0.25) is 0 Å². The van der Waals surface area contributed by atoms with Gasteiger partial charge in [-0.15, -0.1) is 11.8 Å². The van der Waals surface area contributed by atoms with Crippen LogP contribution in [-0.2, 0) is 0 Å². The number of nitrogens with zero attached hydrogens (tertiary/aromatic N) is 1. The van der Waals surface area contributed by atoms with Crippen LogP contribution < -0.4 is 4.98 Å². The van der Waals surface area contributed by atoms with Gasteiger partial charge in [0.1, 0.15) is 11.1 Å². The largest absolute Gasteiger partial charge is 0.386 e. The fourth-order valence-corrected chi connectivity index (χ4v) is 4.27. The topological polar surface area (TPSA) is 43.6 Å². The molecule has 0 amide bonds. The highest BCUT2D eigenvalue weighted by atomic mass is 79.9. The molecule has 1 aliphatic rings. The summed E-state index contributed by atoms with van der Waals surface area (Å²) < 4.78 is 0.952. The molecule has 1 aliphatic carbocycles. The van der Waals surface area contributed by atoms with Crippen LogP contribution in [-0.4, -0.2) is 5.25 Å². The molecular weight excluding hydrogens is 312 g/mol. The third-order valence-corrected chi connectivity index (χ3v) is 5.35. The highest BCUT2D eigenvalue weighted by Crippen LogP contribution is 2.38. The Hall–Kier alpha value is -0.420. The van der Waals surface area contributed by atoms with Gasteiger partial charge >= 0.3 is 5.82 Å². The van der Waals surface area contributed by atoms with E-state index >= 15 is 0 Å². The Labute approximate surface area is 120 Å². The molecule has 18 heavy (non-hydrogen) atoms. The molecule has 0 bridgehead atoms. The molecule has 1 heterocycles. The first-order valence-electron chi connectivity index (χ1n) is 6.42. The SMILES string of the molecule is CC(Sc1cc(Br)c[nH+]c1N=O)C1CCCCC1. The molecule has 1 aromatic rings. The molecule has 0 aromatic carbocycles. The fourth-order valence-electron chi connectivity index (χ4n) is 2.50. The Balaban J connectivity index is 2.07. The van der Waals surface area contributed by atoms with Gasteiger partial charge in [0.2, 0.25) is 5.18 Å². The van der Waals surface area contributed by atoms with Crippen LogP contribution in [0, 0.1) is 10.8 Å². The van der Waals surface area contributed by atoms with Crippen LogP contribution in [0.25, 0.3) is 0 Å². The lowest BCUT2D eigenvalue weighted by molar-refractivity contribution is -0.366. The summed E-state index contributed by atoms with van der Waals surface area (Å²) in [6.07, 6.45) is 8.44. The van der Waals surface area contributed by atoms with Crippen molar-refractivity contribution >= 4 is 33.5 Å². The minimum absolute atomic E-state index is 0.436. The number of hydrogen-bond acceptors (Lipinski definition) is 3. The minimum Gasteiger partial charge on any atom is -0.239 e. The normalized spacial score (nSPS) is 18.6. The predicted octanol–water partition coefficient (Wildman–Crippen LogP) is 4.72. The van der Waals surface area contributed by atoms with E-state index in [2.05, 4.69) is 33.0 Å². The smallest absolute Gasteiger partial charge is 0.239 e. The van der Waals surface area contributed by atoms with E-state index in [1.165, 1.54) is 32.1 Å². The summed E-state index contributed by atoms with van der Waals surface area (Å²) >= 11 is 5.18. The average molecular weight is 330 g/mol. The van der Waals surface area contributed by atoms with Gasteiger partial charge in [-0.2, -0.15) is 0 Å². The predicted molar refractivity (Wildman–Crippen MR) is 78.0 cm³/mol. The first-order valence-corrected chi connectivity index (χ1v) is 8.09. The molecule has 98 valence electrons. The van der Waals surface area contributed by atoms with Crippen LogP contribution >= 0.6 is 27.7 Å². The van der Waals surface area contributed by atoms with E-state index < -0.39 is 0 Å². The van der Waals surface area contributed by atoms with E-state index in [0.29, 0.717) is 11.1 Å². The van der Waals surface area contributed by atoms with Gasteiger partial charge in [-0.1, -0.05) is 26.2 Å². The van der Waals surface area contributed by atoms with Crippen LogP contribution in [0.5, 0.6) is 0 Å². The van der Waals surface area contributed by atoms with Gasteiger partial charge in [0, 0.05) is 5.25 Å². The Kier molecular flexibility index (Phi) is 5.18. The average Bonchev–Trinajstić information content (AvgIpc) is 2.40. The van der Waals surface area contributed by atoms with E-state index in [1.54, 1.807) is 18.0 Å². The Bertz CT molecular complexity index is 421. The number of aromatic amines is 1. The van der Waals surface area contributed by atoms with Gasteiger partial charge in [0.05, 0.1) is 4.47 Å². The summed E-state index contributed by atoms with van der Waals surface area (Å²) in [5, 5.41) is 3.60. The van der Waals surface area contributed by atoms with Gasteiger partial charge in [-0.3, -0.25) is 0 Å². The number of pyridine rings is 1. The summed E-state index contributed by atoms with van der Waals surface area (Å²) in [6, 6.07) is 1.97. The summed E-state index contributed by atoms with van der Waals surface area (Å²) in [7, 11) is 0. The van der Waals surface area contributed by atoms with Gasteiger partial charge in [0.15, 0.2) is 0 Å². The van der Waals surface area contributed by atoms with Crippen molar-refractivity contribution in [2.24, 2.45) is 11.1 Å². The molecule has 0 radical (unpaired) electrons. The second kappa shape index (κ2) is 6.66. The Morgan fingerprint density at radius 1 is 1.44 bits per heavy atom. The molecule has 1 N–H and O–H groups in total. The van der Waals surface area contributed by atoms with Crippen LogP contribution in [0.4, 0.5) is 5.82 Å². The monoisotopic (exact) mass is 329 g/mol. The second-order valence-electron chi connectivity index (χ2n) is 4.84. The highest BCUT2D eigenvalue weighted by molar-refractivity contribution is 9.10. The molecule has 5 heteroatoms. The summed E-state index contributed by atoms with van der Waals surface area (Å²) in [5.74, 6) is 1.20. The molecule has 1 atom stereocenters. The number of hydrogen-bond donors (Lipinski definition) is 0. The zero-order chi connectivity index (χ0) is 13.0. The lowest BCUT2D eigenvalue weighted by Crippen LogP contribution is -2.17. The summed E-state index contributed by atoms with van der Waals surface area (Å²) in [6.45, 7) is 2.26. The highest BCUT2D eigenvalue weighted by Gasteiger charge is 2.24. The zero-order valence-corrected chi connectivity index (χ0v) is 12.9. The van der Waals surface area contributed by atoms with E-state index in [0.717, 1.165) is 15.3 Å². The maximum absolute atomic E-state index is 10.8. The van der Waals surface area contributed by atoms with Crippen molar-refractivity contribution in [3.05, 3.63) is 21.6 Å². The maximum atomic E-state index is 10.8. The third-order valence-electron chi connectivity index (χ3n) is 3.57. The molecule has 0 saturated heterocycles. The molecule has 1 unspecified atom stereocenters. The molecule has 1 aromatic heterocycles. The van der Waals surface area contributed by atoms with E-state index in [9.17, 15) is 4.91 Å². The number of rotatable bonds is 4. The van der Waals surface area contributed by atoms with Crippen molar-refractivity contribution < 1.29 is 4.98 Å². The van der Waals surface area contributed by atoms with E-state index in [1.807, 2.05) is 6.07 Å². The van der Waals surface area contributed by atoms with E-state index in [4.69, 9.17) is 0 Å². The van der Waals surface area contributed by atoms with Crippen molar-refractivity contribution in [3.63, 3.8) is 0 Å². The molecule has 1 fully saturated rings. The summed E-state index contributed by atoms with van der Waals surface area (Å²) in [5.41, 5.74) is 0. The Morgan fingerprint density at radius 3 is 2.83 bits per heavy atom. The molecule has 2 rings (SSSR count). The van der Waals surface area contributed by atoms with Gasteiger partial charge in [-0.05, 0) is 45.7 Å². The number of nitrogens with one attached hydrogen (secondary N) is 1. The lowest BCUT2D eigenvalue weighted by atomic mass is 9.87. The fraction of sp³-hybridized carbons (Fsp3) is 0.615. The number of nitroso groups, excluding NO2 is 1. The standard InChI is InChI=1S/C13H17BrN2OS/c1-9(10-5-3-2-4-6-10)18-12-7-11(14)8-15-13(12)16-17/h7-10H,2-6H2,1H3/p+1. The van der Waals surface area contributed by atoms with Crippen molar-refractivity contribution in [1.82, 2.24) is 0 Å². The number of thioether (sulfide) groups is 1. The van der Waals surface area contributed by atoms with Crippen molar-refractivity contribution in [2.75, 3.05) is 0 Å². The van der Waals surface area contributed by atoms with Crippen molar-refractivity contribution in [2.45, 2.75) is 49.2 Å². The lowest BCUT2D eigenvalue weighted by Gasteiger charge is -2.26. The third kappa shape index (κ3) is 3.54. The molecule has 1 saturated carbocycles.